The smallest absolute Gasteiger partial charge is 0.410 e. The molecule has 2 saturated heterocycles. The topological polar surface area (TPSA) is 98.9 Å². The SMILES string of the molecule is CC(C)(C)OC(=O)N1CCC[C@H]1c1ncc(-c2ccc3c(c2)Sc2cc(-c4cnc([C@@H]5CCCN5)[nH]4)ccc2S3)[nH]1. The first kappa shape index (κ1) is 26.7. The van der Waals surface area contributed by atoms with Crippen molar-refractivity contribution in [3.05, 3.63) is 60.4 Å². The van der Waals surface area contributed by atoms with E-state index in [1.807, 2.05) is 44.9 Å². The quantitative estimate of drug-likeness (QED) is 0.200. The molecule has 0 spiro atoms. The fraction of sp³-hybridized carbons (Fsp3) is 0.387. The first-order chi connectivity index (χ1) is 19.8. The molecule has 3 aliphatic rings. The van der Waals surface area contributed by atoms with Gasteiger partial charge in [0.25, 0.3) is 0 Å². The Morgan fingerprint density at radius 3 is 2.15 bits per heavy atom. The van der Waals surface area contributed by atoms with E-state index in [0.717, 1.165) is 60.0 Å². The van der Waals surface area contributed by atoms with Crippen molar-refractivity contribution in [3.8, 4) is 22.5 Å². The van der Waals surface area contributed by atoms with Crippen LogP contribution in [0.3, 0.4) is 0 Å². The minimum atomic E-state index is -0.523. The maximum atomic E-state index is 12.8. The number of nitrogens with one attached hydrogen (secondary N) is 3. The minimum absolute atomic E-state index is 0.0982. The van der Waals surface area contributed by atoms with Gasteiger partial charge in [0, 0.05) is 37.3 Å². The van der Waals surface area contributed by atoms with Crippen LogP contribution in [0.1, 0.15) is 70.2 Å². The van der Waals surface area contributed by atoms with Crippen LogP contribution in [0.15, 0.2) is 68.4 Å². The van der Waals surface area contributed by atoms with Crippen molar-refractivity contribution in [2.75, 3.05) is 13.1 Å². The summed E-state index contributed by atoms with van der Waals surface area (Å²) in [5.74, 6) is 1.84. The van der Waals surface area contributed by atoms with Gasteiger partial charge in [-0.25, -0.2) is 14.8 Å². The summed E-state index contributed by atoms with van der Waals surface area (Å²) in [6.07, 6.45) is 7.68. The molecule has 3 N–H and O–H groups in total. The zero-order chi connectivity index (χ0) is 28.1. The van der Waals surface area contributed by atoms with E-state index in [0.29, 0.717) is 12.6 Å². The summed E-state index contributed by atoms with van der Waals surface area (Å²) in [7, 11) is 0. The van der Waals surface area contributed by atoms with E-state index in [1.54, 1.807) is 16.7 Å². The number of nitrogens with zero attached hydrogens (tertiary/aromatic N) is 3. The Morgan fingerprint density at radius 2 is 1.51 bits per heavy atom. The van der Waals surface area contributed by atoms with Gasteiger partial charge in [-0.2, -0.15) is 0 Å². The van der Waals surface area contributed by atoms with Crippen molar-refractivity contribution in [1.29, 1.82) is 0 Å². The highest BCUT2D eigenvalue weighted by Crippen LogP contribution is 2.50. The molecule has 0 bridgehead atoms. The van der Waals surface area contributed by atoms with Gasteiger partial charge < -0.3 is 20.0 Å². The van der Waals surface area contributed by atoms with Crippen molar-refractivity contribution in [2.24, 2.45) is 0 Å². The standard InChI is InChI=1S/C31H34N6O2S2/c1-31(2,3)39-30(38)37-13-5-7-23(37)29-34-17-22(36-29)19-9-11-25-27(15-19)41-26-14-18(8-10-24(26)40-25)21-16-33-28(35-21)20-6-4-12-32-20/h8-11,14-17,20,23,32H,4-7,12-13H2,1-3H3,(H,33,35)(H,34,36)/t20-,23-/m0/s1. The Balaban J connectivity index is 1.10. The maximum absolute atomic E-state index is 12.8. The van der Waals surface area contributed by atoms with Crippen LogP contribution in [0.5, 0.6) is 0 Å². The Labute approximate surface area is 248 Å². The molecule has 2 atom stereocenters. The number of amides is 1. The van der Waals surface area contributed by atoms with Crippen LogP contribution in [0.25, 0.3) is 22.5 Å². The molecule has 10 heteroatoms. The van der Waals surface area contributed by atoms with Crippen LogP contribution < -0.4 is 5.32 Å². The molecular formula is C31H34N6O2S2. The molecule has 1 amide bonds. The number of benzene rings is 2. The lowest BCUT2D eigenvalue weighted by molar-refractivity contribution is 0.0218. The Morgan fingerprint density at radius 1 is 0.878 bits per heavy atom. The molecule has 4 aromatic rings. The summed E-state index contributed by atoms with van der Waals surface area (Å²) in [6.45, 7) is 7.43. The monoisotopic (exact) mass is 586 g/mol. The fourth-order valence-electron chi connectivity index (χ4n) is 5.74. The summed E-state index contributed by atoms with van der Waals surface area (Å²) < 4.78 is 5.65. The minimum Gasteiger partial charge on any atom is -0.444 e. The number of likely N-dealkylation sites (tertiary alicyclic amines) is 1. The van der Waals surface area contributed by atoms with Gasteiger partial charge in [-0.05, 0) is 77.3 Å². The van der Waals surface area contributed by atoms with Gasteiger partial charge in [-0.15, -0.1) is 0 Å². The number of carbonyl (C=O) groups is 1. The zero-order valence-corrected chi connectivity index (χ0v) is 25.1. The number of aromatic amines is 2. The number of H-pyrrole nitrogens is 2. The van der Waals surface area contributed by atoms with Crippen LogP contribution >= 0.6 is 23.5 Å². The van der Waals surface area contributed by atoms with E-state index in [-0.39, 0.29) is 12.1 Å². The Bertz CT molecular complexity index is 1600. The number of carbonyl (C=O) groups excluding carboxylic acids is 1. The van der Waals surface area contributed by atoms with Crippen LogP contribution in [-0.4, -0.2) is 49.6 Å². The molecule has 0 saturated carbocycles. The van der Waals surface area contributed by atoms with Gasteiger partial charge in [-0.3, -0.25) is 4.90 Å². The molecule has 8 nitrogen and oxygen atoms in total. The molecule has 2 aromatic heterocycles. The van der Waals surface area contributed by atoms with Crippen LogP contribution in [-0.2, 0) is 4.74 Å². The van der Waals surface area contributed by atoms with Gasteiger partial charge in [0.2, 0.25) is 0 Å². The molecule has 212 valence electrons. The molecule has 0 radical (unpaired) electrons. The van der Waals surface area contributed by atoms with E-state index < -0.39 is 5.60 Å². The normalized spacial score (nSPS) is 20.2. The second-order valence-corrected chi connectivity index (χ2v) is 14.0. The average molecular weight is 587 g/mol. The first-order valence-electron chi connectivity index (χ1n) is 14.3. The van der Waals surface area contributed by atoms with E-state index in [2.05, 4.69) is 56.7 Å². The van der Waals surface area contributed by atoms with E-state index in [9.17, 15) is 4.79 Å². The molecule has 2 aromatic carbocycles. The lowest BCUT2D eigenvalue weighted by Crippen LogP contribution is -2.36. The fourth-order valence-corrected chi connectivity index (χ4v) is 8.01. The zero-order valence-electron chi connectivity index (χ0n) is 23.5. The number of fused-ring (bicyclic) bond motifs is 2. The third-order valence-corrected chi connectivity index (χ3v) is 10.3. The summed E-state index contributed by atoms with van der Waals surface area (Å²) in [5, 5.41) is 3.52. The largest absolute Gasteiger partial charge is 0.444 e. The summed E-state index contributed by atoms with van der Waals surface area (Å²) in [5.41, 5.74) is 3.72. The van der Waals surface area contributed by atoms with Crippen molar-refractivity contribution in [2.45, 2.75) is 83.7 Å². The van der Waals surface area contributed by atoms with Gasteiger partial charge in [-0.1, -0.05) is 35.7 Å². The number of imidazole rings is 2. The van der Waals surface area contributed by atoms with E-state index >= 15 is 0 Å². The van der Waals surface area contributed by atoms with Gasteiger partial charge in [0.05, 0.1) is 35.9 Å². The third-order valence-electron chi connectivity index (χ3n) is 7.73. The summed E-state index contributed by atoms with van der Waals surface area (Å²) >= 11 is 3.61. The predicted molar refractivity (Wildman–Crippen MR) is 161 cm³/mol. The number of ether oxygens (including phenoxy) is 1. The van der Waals surface area contributed by atoms with E-state index in [4.69, 9.17) is 9.72 Å². The van der Waals surface area contributed by atoms with Crippen molar-refractivity contribution in [3.63, 3.8) is 0 Å². The van der Waals surface area contributed by atoms with Gasteiger partial charge in [0.15, 0.2) is 0 Å². The number of rotatable bonds is 4. The Kier molecular flexibility index (Phi) is 6.87. The van der Waals surface area contributed by atoms with Crippen molar-refractivity contribution >= 4 is 29.6 Å². The number of aromatic nitrogens is 4. The molecule has 0 unspecified atom stereocenters. The lowest BCUT2D eigenvalue weighted by atomic mass is 10.1. The molecule has 2 fully saturated rings. The molecule has 3 aliphatic heterocycles. The second-order valence-electron chi connectivity index (χ2n) is 11.9. The predicted octanol–water partition coefficient (Wildman–Crippen LogP) is 7.58. The molecule has 7 rings (SSSR count). The van der Waals surface area contributed by atoms with Gasteiger partial charge >= 0.3 is 6.09 Å². The number of hydrogen-bond acceptors (Lipinski definition) is 7. The molecule has 5 heterocycles. The van der Waals surface area contributed by atoms with E-state index in [1.165, 1.54) is 26.0 Å². The lowest BCUT2D eigenvalue weighted by Gasteiger charge is -2.27. The number of hydrogen-bond donors (Lipinski definition) is 3. The third kappa shape index (κ3) is 5.40. The van der Waals surface area contributed by atoms with Gasteiger partial charge in [0.1, 0.15) is 17.2 Å². The van der Waals surface area contributed by atoms with Crippen LogP contribution in [0.4, 0.5) is 4.79 Å². The highest BCUT2D eigenvalue weighted by molar-refractivity contribution is 8.05. The highest BCUT2D eigenvalue weighted by Gasteiger charge is 2.35. The van der Waals surface area contributed by atoms with Crippen molar-refractivity contribution < 1.29 is 9.53 Å². The molecular weight excluding hydrogens is 553 g/mol. The summed E-state index contributed by atoms with van der Waals surface area (Å²) in [4.78, 5) is 36.0. The second kappa shape index (κ2) is 10.6. The first-order valence-corrected chi connectivity index (χ1v) is 15.9. The Hall–Kier alpha value is -3.21. The van der Waals surface area contributed by atoms with Crippen LogP contribution in [0.2, 0.25) is 0 Å². The van der Waals surface area contributed by atoms with Crippen LogP contribution in [0, 0.1) is 0 Å². The maximum Gasteiger partial charge on any atom is 0.410 e. The summed E-state index contributed by atoms with van der Waals surface area (Å²) in [6, 6.07) is 13.5. The average Bonchev–Trinajstić information content (AvgIpc) is 3.76. The highest BCUT2D eigenvalue weighted by atomic mass is 32.2. The van der Waals surface area contributed by atoms with Crippen molar-refractivity contribution in [1.82, 2.24) is 30.2 Å². The molecule has 41 heavy (non-hydrogen) atoms. The molecule has 0 aliphatic carbocycles.